The Labute approximate surface area is 135 Å². The number of nitrogens with one attached hydrogen (secondary N) is 1. The molecule has 1 saturated carbocycles. The molecule has 1 unspecified atom stereocenters. The van der Waals surface area contributed by atoms with Crippen LogP contribution >= 0.6 is 23.2 Å². The van der Waals surface area contributed by atoms with E-state index in [1.54, 1.807) is 6.07 Å². The van der Waals surface area contributed by atoms with E-state index in [2.05, 4.69) is 5.32 Å². The predicted octanol–water partition coefficient (Wildman–Crippen LogP) is 3.96. The van der Waals surface area contributed by atoms with Gasteiger partial charge in [-0.15, -0.1) is 0 Å². The largest absolute Gasteiger partial charge is 0.492 e. The fourth-order valence-corrected chi connectivity index (χ4v) is 4.06. The van der Waals surface area contributed by atoms with E-state index in [1.807, 2.05) is 6.07 Å². The number of rotatable bonds is 4. The molecule has 21 heavy (non-hydrogen) atoms. The molecule has 1 aromatic carbocycles. The number of fused-ring (bicyclic) bond motifs is 1. The predicted molar refractivity (Wildman–Crippen MR) is 85.3 cm³/mol. The molecule has 2 aliphatic rings. The van der Waals surface area contributed by atoms with Crippen molar-refractivity contribution in [2.75, 3.05) is 19.8 Å². The first-order valence-corrected chi connectivity index (χ1v) is 8.35. The minimum atomic E-state index is 0.0425. The van der Waals surface area contributed by atoms with Gasteiger partial charge in [-0.3, -0.25) is 0 Å². The maximum atomic E-state index is 9.72. The smallest absolute Gasteiger partial charge is 0.142 e. The van der Waals surface area contributed by atoms with Crippen LogP contribution in [0.3, 0.4) is 0 Å². The van der Waals surface area contributed by atoms with E-state index in [1.165, 1.54) is 12.8 Å². The molecule has 116 valence electrons. The van der Waals surface area contributed by atoms with E-state index >= 15 is 0 Å². The van der Waals surface area contributed by atoms with Gasteiger partial charge < -0.3 is 15.2 Å². The molecule has 0 radical (unpaired) electrons. The molecule has 0 aromatic heterocycles. The molecule has 1 aliphatic carbocycles. The van der Waals surface area contributed by atoms with Crippen molar-refractivity contribution in [3.05, 3.63) is 27.7 Å². The molecule has 3 nitrogen and oxygen atoms in total. The summed E-state index contributed by atoms with van der Waals surface area (Å²) >= 11 is 12.3. The van der Waals surface area contributed by atoms with Gasteiger partial charge in [0.25, 0.3) is 0 Å². The summed E-state index contributed by atoms with van der Waals surface area (Å²) in [6, 6.07) is 3.84. The highest BCUT2D eigenvalue weighted by atomic mass is 35.5. The van der Waals surface area contributed by atoms with Gasteiger partial charge in [0.2, 0.25) is 0 Å². The fourth-order valence-electron chi connectivity index (χ4n) is 3.49. The van der Waals surface area contributed by atoms with Crippen LogP contribution in [-0.2, 0) is 0 Å². The molecular weight excluding hydrogens is 309 g/mol. The van der Waals surface area contributed by atoms with Gasteiger partial charge in [-0.1, -0.05) is 36.0 Å². The number of halogens is 2. The topological polar surface area (TPSA) is 41.5 Å². The summed E-state index contributed by atoms with van der Waals surface area (Å²) in [6.07, 6.45) is 5.52. The zero-order valence-corrected chi connectivity index (χ0v) is 13.5. The molecule has 2 N–H and O–H groups in total. The Morgan fingerprint density at radius 3 is 2.76 bits per heavy atom. The summed E-state index contributed by atoms with van der Waals surface area (Å²) in [5.41, 5.74) is 1.07. The summed E-state index contributed by atoms with van der Waals surface area (Å²) in [5, 5.41) is 14.5. The van der Waals surface area contributed by atoms with E-state index in [4.69, 9.17) is 27.9 Å². The van der Waals surface area contributed by atoms with Crippen LogP contribution in [0.5, 0.6) is 5.75 Å². The molecule has 1 atom stereocenters. The van der Waals surface area contributed by atoms with Crippen molar-refractivity contribution >= 4 is 23.2 Å². The molecule has 0 amide bonds. The first kappa shape index (κ1) is 15.4. The number of aliphatic hydroxyl groups excluding tert-OH is 1. The van der Waals surface area contributed by atoms with Crippen LogP contribution in [0.4, 0.5) is 0 Å². The van der Waals surface area contributed by atoms with Gasteiger partial charge in [0.15, 0.2) is 0 Å². The van der Waals surface area contributed by atoms with E-state index < -0.39 is 0 Å². The first-order chi connectivity index (χ1) is 10.1. The van der Waals surface area contributed by atoms with Gasteiger partial charge in [0, 0.05) is 41.6 Å². The molecule has 1 aliphatic heterocycles. The Morgan fingerprint density at radius 2 is 2.05 bits per heavy atom. The molecule has 3 rings (SSSR count). The average molecular weight is 330 g/mol. The van der Waals surface area contributed by atoms with E-state index in [0.717, 1.165) is 37.1 Å². The number of hydrogen-bond donors (Lipinski definition) is 2. The SMILES string of the molecule is OCC1(CNC2CCOc3c(Cl)cc(Cl)cc32)CCCC1. The van der Waals surface area contributed by atoms with Gasteiger partial charge in [-0.25, -0.2) is 0 Å². The molecule has 1 heterocycles. The Morgan fingerprint density at radius 1 is 1.29 bits per heavy atom. The molecule has 1 aromatic rings. The van der Waals surface area contributed by atoms with E-state index in [0.29, 0.717) is 16.7 Å². The molecule has 5 heteroatoms. The van der Waals surface area contributed by atoms with Crippen molar-refractivity contribution in [1.82, 2.24) is 5.32 Å². The van der Waals surface area contributed by atoms with Crippen molar-refractivity contribution in [2.24, 2.45) is 5.41 Å². The zero-order valence-electron chi connectivity index (χ0n) is 12.0. The third-order valence-electron chi connectivity index (χ3n) is 4.79. The highest BCUT2D eigenvalue weighted by Crippen LogP contribution is 2.41. The lowest BCUT2D eigenvalue weighted by Crippen LogP contribution is -2.38. The maximum Gasteiger partial charge on any atom is 0.142 e. The summed E-state index contributed by atoms with van der Waals surface area (Å²) in [6.45, 7) is 1.74. The maximum absolute atomic E-state index is 9.72. The van der Waals surface area contributed by atoms with Gasteiger partial charge in [-0.05, 0) is 25.0 Å². The Balaban J connectivity index is 1.76. The van der Waals surface area contributed by atoms with Crippen LogP contribution in [0.2, 0.25) is 10.0 Å². The number of benzene rings is 1. The highest BCUT2D eigenvalue weighted by Gasteiger charge is 2.34. The Kier molecular flexibility index (Phi) is 4.65. The Hall–Kier alpha value is -0.480. The molecule has 0 saturated heterocycles. The summed E-state index contributed by atoms with van der Waals surface area (Å²) < 4.78 is 5.68. The number of aliphatic hydroxyl groups is 1. The van der Waals surface area contributed by atoms with Gasteiger partial charge >= 0.3 is 0 Å². The van der Waals surface area contributed by atoms with Crippen molar-refractivity contribution in [3.8, 4) is 5.75 Å². The van der Waals surface area contributed by atoms with Crippen molar-refractivity contribution in [1.29, 1.82) is 0 Å². The number of hydrogen-bond acceptors (Lipinski definition) is 3. The van der Waals surface area contributed by atoms with E-state index in [-0.39, 0.29) is 18.1 Å². The van der Waals surface area contributed by atoms with Gasteiger partial charge in [-0.2, -0.15) is 0 Å². The minimum Gasteiger partial charge on any atom is -0.492 e. The van der Waals surface area contributed by atoms with Crippen LogP contribution in [-0.4, -0.2) is 24.9 Å². The lowest BCUT2D eigenvalue weighted by molar-refractivity contribution is 0.121. The van der Waals surface area contributed by atoms with Crippen molar-refractivity contribution < 1.29 is 9.84 Å². The van der Waals surface area contributed by atoms with Crippen LogP contribution in [0.1, 0.15) is 43.7 Å². The van der Waals surface area contributed by atoms with Crippen molar-refractivity contribution in [3.63, 3.8) is 0 Å². The third-order valence-corrected chi connectivity index (χ3v) is 5.29. The third kappa shape index (κ3) is 3.16. The minimum absolute atomic E-state index is 0.0425. The van der Waals surface area contributed by atoms with Crippen LogP contribution in [0.25, 0.3) is 0 Å². The van der Waals surface area contributed by atoms with E-state index in [9.17, 15) is 5.11 Å². The van der Waals surface area contributed by atoms with Gasteiger partial charge in [0.05, 0.1) is 11.6 Å². The zero-order chi connectivity index (χ0) is 14.9. The fraction of sp³-hybridized carbons (Fsp3) is 0.625. The highest BCUT2D eigenvalue weighted by molar-refractivity contribution is 6.35. The molecule has 0 spiro atoms. The monoisotopic (exact) mass is 329 g/mol. The lowest BCUT2D eigenvalue weighted by Gasteiger charge is -2.33. The van der Waals surface area contributed by atoms with Crippen LogP contribution in [0, 0.1) is 5.41 Å². The summed E-state index contributed by atoms with van der Waals surface area (Å²) in [5.74, 6) is 0.745. The summed E-state index contributed by atoms with van der Waals surface area (Å²) in [4.78, 5) is 0. The second kappa shape index (κ2) is 6.33. The van der Waals surface area contributed by atoms with Crippen molar-refractivity contribution in [2.45, 2.75) is 38.1 Å². The standard InChI is InChI=1S/C16H21Cl2NO2/c17-11-7-12-14(3-6-21-15(12)13(18)8-11)19-9-16(10-20)4-1-2-5-16/h7-8,14,19-20H,1-6,9-10H2. The van der Waals surface area contributed by atoms with Gasteiger partial charge in [0.1, 0.15) is 5.75 Å². The van der Waals surface area contributed by atoms with Crippen LogP contribution < -0.4 is 10.1 Å². The molecule has 0 bridgehead atoms. The molecule has 1 fully saturated rings. The number of ether oxygens (including phenoxy) is 1. The normalized spacial score (nSPS) is 23.7. The average Bonchev–Trinajstić information content (AvgIpc) is 2.95. The molecular formula is C16H21Cl2NO2. The Bertz CT molecular complexity index is 515. The lowest BCUT2D eigenvalue weighted by atomic mass is 9.86. The van der Waals surface area contributed by atoms with Crippen LogP contribution in [0.15, 0.2) is 12.1 Å². The second-order valence-electron chi connectivity index (χ2n) is 6.24. The summed E-state index contributed by atoms with van der Waals surface area (Å²) in [7, 11) is 0. The second-order valence-corrected chi connectivity index (χ2v) is 7.09. The first-order valence-electron chi connectivity index (χ1n) is 7.60. The quantitative estimate of drug-likeness (QED) is 0.878.